The number of fused-ring (bicyclic) bond motifs is 4. The number of aromatic nitrogens is 4. The van der Waals surface area contributed by atoms with Crippen molar-refractivity contribution >= 4 is 33.0 Å². The van der Waals surface area contributed by atoms with Gasteiger partial charge in [-0.1, -0.05) is 12.1 Å². The predicted octanol–water partition coefficient (Wildman–Crippen LogP) is 5.33. The molecule has 5 heteroatoms. The van der Waals surface area contributed by atoms with Crippen molar-refractivity contribution in [1.82, 2.24) is 14.5 Å². The van der Waals surface area contributed by atoms with Gasteiger partial charge in [0.25, 0.3) is 0 Å². The van der Waals surface area contributed by atoms with Gasteiger partial charge in [-0.2, -0.15) is 0 Å². The van der Waals surface area contributed by atoms with E-state index in [1.807, 2.05) is 30.5 Å². The summed E-state index contributed by atoms with van der Waals surface area (Å²) in [6.07, 6.45) is 5.68. The summed E-state index contributed by atoms with van der Waals surface area (Å²) < 4.78 is 10.6. The molecule has 0 spiro atoms. The van der Waals surface area contributed by atoms with Crippen molar-refractivity contribution in [2.45, 2.75) is 6.92 Å². The molecular formula is C26H21N4O+. The Bertz CT molecular complexity index is 1620. The molecule has 150 valence electrons. The normalized spacial score (nSPS) is 11.7. The van der Waals surface area contributed by atoms with Crippen LogP contribution in [0.2, 0.25) is 0 Å². The first-order chi connectivity index (χ1) is 15.1. The summed E-state index contributed by atoms with van der Waals surface area (Å²) in [6.45, 7) is 2.18. The fourth-order valence-corrected chi connectivity index (χ4v) is 4.61. The van der Waals surface area contributed by atoms with Crippen molar-refractivity contribution in [3.05, 3.63) is 78.8 Å². The minimum absolute atomic E-state index is 0.791. The molecule has 31 heavy (non-hydrogen) atoms. The van der Waals surface area contributed by atoms with E-state index in [1.165, 1.54) is 5.56 Å². The van der Waals surface area contributed by atoms with E-state index >= 15 is 0 Å². The third-order valence-electron chi connectivity index (χ3n) is 6.16. The average Bonchev–Trinajstić information content (AvgIpc) is 3.32. The zero-order valence-electron chi connectivity index (χ0n) is 17.6. The number of aryl methyl sites for hydroxylation is 2. The van der Waals surface area contributed by atoms with Crippen LogP contribution in [0.1, 0.15) is 5.56 Å². The molecule has 0 aliphatic heterocycles. The van der Waals surface area contributed by atoms with E-state index in [0.717, 1.165) is 55.6 Å². The van der Waals surface area contributed by atoms with Crippen molar-refractivity contribution in [3.8, 4) is 22.6 Å². The van der Waals surface area contributed by atoms with Gasteiger partial charge in [0.05, 0.1) is 22.8 Å². The lowest BCUT2D eigenvalue weighted by Gasteiger charge is -2.12. The maximum atomic E-state index is 6.28. The summed E-state index contributed by atoms with van der Waals surface area (Å²) in [5, 5.41) is 2.18. The maximum absolute atomic E-state index is 6.28. The van der Waals surface area contributed by atoms with Gasteiger partial charge in [0.2, 0.25) is 5.69 Å². The number of hydrogen-bond acceptors (Lipinski definition) is 3. The Morgan fingerprint density at radius 2 is 1.84 bits per heavy atom. The van der Waals surface area contributed by atoms with Crippen molar-refractivity contribution in [3.63, 3.8) is 0 Å². The minimum Gasteiger partial charge on any atom is -0.454 e. The SMILES string of the molecule is Cc1c(-c2nc3ccccc3n2C)cc2oc3cnccc3c2c1-c1cccc[n+]1C. The second-order valence-electron chi connectivity index (χ2n) is 7.95. The van der Waals surface area contributed by atoms with Crippen LogP contribution in [0, 0.1) is 6.92 Å². The average molecular weight is 405 g/mol. The molecule has 0 unspecified atom stereocenters. The molecule has 0 aliphatic carbocycles. The Morgan fingerprint density at radius 1 is 1.00 bits per heavy atom. The van der Waals surface area contributed by atoms with Crippen LogP contribution in [0.4, 0.5) is 0 Å². The first kappa shape index (κ1) is 17.8. The van der Waals surface area contributed by atoms with Crippen LogP contribution in [0.15, 0.2) is 77.6 Å². The zero-order valence-corrected chi connectivity index (χ0v) is 17.6. The van der Waals surface area contributed by atoms with Crippen LogP contribution in [0.25, 0.3) is 55.6 Å². The number of hydrogen-bond donors (Lipinski definition) is 0. The van der Waals surface area contributed by atoms with Gasteiger partial charge in [0, 0.05) is 41.7 Å². The third-order valence-corrected chi connectivity index (χ3v) is 6.16. The molecule has 0 aliphatic rings. The van der Waals surface area contributed by atoms with Crippen LogP contribution in [-0.4, -0.2) is 14.5 Å². The van der Waals surface area contributed by atoms with Gasteiger partial charge in [-0.25, -0.2) is 9.55 Å². The largest absolute Gasteiger partial charge is 0.454 e. The highest BCUT2D eigenvalue weighted by Gasteiger charge is 2.25. The van der Waals surface area contributed by atoms with Gasteiger partial charge in [-0.3, -0.25) is 4.98 Å². The van der Waals surface area contributed by atoms with Crippen LogP contribution in [0.3, 0.4) is 0 Å². The van der Waals surface area contributed by atoms with E-state index in [4.69, 9.17) is 9.40 Å². The van der Waals surface area contributed by atoms with E-state index in [1.54, 1.807) is 6.20 Å². The standard InChI is InChI=1S/C26H21N4O/c1-16-18(26-28-19-8-4-5-9-20(19)30(26)3)14-22-25(17-11-12-27-15-23(17)31-22)24(16)21-10-6-7-13-29(21)2/h4-15H,1-3H3/q+1. The molecule has 0 atom stereocenters. The van der Waals surface area contributed by atoms with Gasteiger partial charge in [0.1, 0.15) is 18.5 Å². The van der Waals surface area contributed by atoms with Gasteiger partial charge in [-0.15, -0.1) is 0 Å². The summed E-state index contributed by atoms with van der Waals surface area (Å²) in [5.41, 5.74) is 8.26. The summed E-state index contributed by atoms with van der Waals surface area (Å²) in [7, 11) is 4.14. The van der Waals surface area contributed by atoms with Crippen molar-refractivity contribution in [2.24, 2.45) is 14.1 Å². The molecule has 4 heterocycles. The Labute approximate surface area is 179 Å². The van der Waals surface area contributed by atoms with Crippen molar-refractivity contribution < 1.29 is 8.98 Å². The van der Waals surface area contributed by atoms with E-state index in [2.05, 4.69) is 71.7 Å². The number of furan rings is 1. The molecule has 0 radical (unpaired) electrons. The highest BCUT2D eigenvalue weighted by molar-refractivity contribution is 6.14. The molecule has 2 aromatic carbocycles. The lowest BCUT2D eigenvalue weighted by Crippen LogP contribution is -2.30. The Balaban J connectivity index is 1.79. The molecule has 0 amide bonds. The second kappa shape index (κ2) is 6.51. The van der Waals surface area contributed by atoms with Crippen LogP contribution in [-0.2, 0) is 14.1 Å². The highest BCUT2D eigenvalue weighted by atomic mass is 16.3. The number of para-hydroxylation sites is 2. The molecule has 6 aromatic rings. The first-order valence-electron chi connectivity index (χ1n) is 10.3. The van der Waals surface area contributed by atoms with Gasteiger partial charge in [-0.05, 0) is 42.8 Å². The summed E-state index contributed by atoms with van der Waals surface area (Å²) in [5.74, 6) is 0.930. The molecule has 6 rings (SSSR count). The monoisotopic (exact) mass is 405 g/mol. The molecule has 5 nitrogen and oxygen atoms in total. The van der Waals surface area contributed by atoms with Crippen LogP contribution < -0.4 is 4.57 Å². The quantitative estimate of drug-likeness (QED) is 0.366. The summed E-state index contributed by atoms with van der Waals surface area (Å²) in [4.78, 5) is 9.22. The predicted molar refractivity (Wildman–Crippen MR) is 123 cm³/mol. The molecule has 0 saturated heterocycles. The Hall–Kier alpha value is -3.99. The topological polar surface area (TPSA) is 47.7 Å². The van der Waals surface area contributed by atoms with Crippen molar-refractivity contribution in [2.75, 3.05) is 0 Å². The molecule has 4 aromatic heterocycles. The Kier molecular flexibility index (Phi) is 3.74. The maximum Gasteiger partial charge on any atom is 0.213 e. The fraction of sp³-hybridized carbons (Fsp3) is 0.115. The van der Waals surface area contributed by atoms with Gasteiger partial charge in [0.15, 0.2) is 11.8 Å². The summed E-state index contributed by atoms with van der Waals surface area (Å²) >= 11 is 0. The lowest BCUT2D eigenvalue weighted by atomic mass is 9.93. The summed E-state index contributed by atoms with van der Waals surface area (Å²) in [6, 6.07) is 18.7. The molecule has 0 fully saturated rings. The number of pyridine rings is 2. The number of rotatable bonds is 2. The number of nitrogens with zero attached hydrogens (tertiary/aromatic N) is 4. The molecule has 0 bridgehead atoms. The van der Waals surface area contributed by atoms with Crippen molar-refractivity contribution in [1.29, 1.82) is 0 Å². The van der Waals surface area contributed by atoms with Gasteiger partial charge < -0.3 is 8.98 Å². The van der Waals surface area contributed by atoms with E-state index in [0.29, 0.717) is 0 Å². The fourth-order valence-electron chi connectivity index (χ4n) is 4.61. The molecular weight excluding hydrogens is 384 g/mol. The smallest absolute Gasteiger partial charge is 0.213 e. The number of imidazole rings is 1. The first-order valence-corrected chi connectivity index (χ1v) is 10.3. The molecule has 0 N–H and O–H groups in total. The highest BCUT2D eigenvalue weighted by Crippen LogP contribution is 2.42. The molecule has 0 saturated carbocycles. The van der Waals surface area contributed by atoms with Crippen LogP contribution in [0.5, 0.6) is 0 Å². The Morgan fingerprint density at radius 3 is 2.68 bits per heavy atom. The van der Waals surface area contributed by atoms with E-state index in [9.17, 15) is 0 Å². The third kappa shape index (κ3) is 2.53. The lowest BCUT2D eigenvalue weighted by molar-refractivity contribution is -0.660. The second-order valence-corrected chi connectivity index (χ2v) is 7.95. The van der Waals surface area contributed by atoms with E-state index in [-0.39, 0.29) is 0 Å². The van der Waals surface area contributed by atoms with Crippen LogP contribution >= 0.6 is 0 Å². The number of benzene rings is 2. The van der Waals surface area contributed by atoms with Gasteiger partial charge >= 0.3 is 0 Å². The van der Waals surface area contributed by atoms with E-state index < -0.39 is 0 Å². The zero-order chi connectivity index (χ0) is 21.1. The minimum atomic E-state index is 0.791.